The molecule has 3 rings (SSSR count). The molecule has 0 spiro atoms. The summed E-state index contributed by atoms with van der Waals surface area (Å²) >= 11 is 0. The van der Waals surface area contributed by atoms with Gasteiger partial charge in [-0.25, -0.2) is 0 Å². The predicted molar refractivity (Wildman–Crippen MR) is 146 cm³/mol. The van der Waals surface area contributed by atoms with Gasteiger partial charge in [-0.1, -0.05) is 62.4 Å². The largest absolute Gasteiger partial charge is 0.491 e. The van der Waals surface area contributed by atoms with Gasteiger partial charge in [0.2, 0.25) is 5.91 Å². The van der Waals surface area contributed by atoms with Crippen molar-refractivity contribution < 1.29 is 9.53 Å². The standard InChI is InChI=1S/C26H36N4O2.HI/c1-20(2)23-11-7-8-12-24(23)32-16-14-28-26(27-3)29-18-22-17-25(31)30(19-22)15-13-21-9-5-4-6-10-21;/h4-12,20,22H,13-19H2,1-3H3,(H2,27,28,29);1H. The lowest BCUT2D eigenvalue weighted by atomic mass is 10.0. The molecule has 6 nitrogen and oxygen atoms in total. The van der Waals surface area contributed by atoms with Crippen molar-refractivity contribution in [2.45, 2.75) is 32.6 Å². The van der Waals surface area contributed by atoms with Crippen molar-refractivity contribution in [1.29, 1.82) is 0 Å². The Labute approximate surface area is 215 Å². The number of ether oxygens (including phenoxy) is 1. The smallest absolute Gasteiger partial charge is 0.223 e. The van der Waals surface area contributed by atoms with Gasteiger partial charge in [0.15, 0.2) is 5.96 Å². The van der Waals surface area contributed by atoms with E-state index in [1.54, 1.807) is 7.05 Å². The minimum absolute atomic E-state index is 0. The topological polar surface area (TPSA) is 66.0 Å². The number of carbonyl (C=O) groups excluding carboxylic acids is 1. The van der Waals surface area contributed by atoms with Crippen molar-refractivity contribution in [3.05, 3.63) is 65.7 Å². The number of amides is 1. The first-order valence-corrected chi connectivity index (χ1v) is 11.5. The van der Waals surface area contributed by atoms with E-state index in [2.05, 4.69) is 47.7 Å². The summed E-state index contributed by atoms with van der Waals surface area (Å²) in [6.07, 6.45) is 1.49. The summed E-state index contributed by atoms with van der Waals surface area (Å²) in [5, 5.41) is 6.66. The number of nitrogens with one attached hydrogen (secondary N) is 2. The maximum absolute atomic E-state index is 12.4. The number of nitrogens with zero attached hydrogens (tertiary/aromatic N) is 2. The van der Waals surface area contributed by atoms with Gasteiger partial charge in [-0.3, -0.25) is 9.79 Å². The average molecular weight is 565 g/mol. The van der Waals surface area contributed by atoms with Crippen molar-refractivity contribution in [3.8, 4) is 5.75 Å². The first-order valence-electron chi connectivity index (χ1n) is 11.5. The zero-order valence-corrected chi connectivity index (χ0v) is 22.3. The number of para-hydroxylation sites is 1. The van der Waals surface area contributed by atoms with E-state index in [4.69, 9.17) is 4.74 Å². The van der Waals surface area contributed by atoms with Crippen LogP contribution in [0.5, 0.6) is 5.75 Å². The van der Waals surface area contributed by atoms with Crippen LogP contribution in [-0.4, -0.2) is 56.6 Å². The van der Waals surface area contributed by atoms with Gasteiger partial charge in [0.05, 0.1) is 6.54 Å². The lowest BCUT2D eigenvalue weighted by molar-refractivity contribution is -0.127. The fraction of sp³-hybridized carbons (Fsp3) is 0.462. The number of guanidine groups is 1. The molecule has 1 saturated heterocycles. The van der Waals surface area contributed by atoms with Crippen molar-refractivity contribution in [3.63, 3.8) is 0 Å². The molecule has 1 aliphatic rings. The molecule has 7 heteroatoms. The van der Waals surface area contributed by atoms with Crippen LogP contribution in [0, 0.1) is 5.92 Å². The van der Waals surface area contributed by atoms with Crippen molar-refractivity contribution >= 4 is 35.8 Å². The molecule has 1 atom stereocenters. The van der Waals surface area contributed by atoms with Crippen LogP contribution in [0.15, 0.2) is 59.6 Å². The summed E-state index contributed by atoms with van der Waals surface area (Å²) in [5.74, 6) is 2.64. The molecule has 1 aliphatic heterocycles. The zero-order chi connectivity index (χ0) is 22.8. The number of rotatable bonds is 10. The minimum Gasteiger partial charge on any atom is -0.491 e. The summed E-state index contributed by atoms with van der Waals surface area (Å²) in [6.45, 7) is 7.85. The van der Waals surface area contributed by atoms with Crippen molar-refractivity contribution in [2.24, 2.45) is 10.9 Å². The van der Waals surface area contributed by atoms with E-state index in [0.29, 0.717) is 31.4 Å². The quantitative estimate of drug-likeness (QED) is 0.198. The molecular weight excluding hydrogens is 527 g/mol. The summed E-state index contributed by atoms with van der Waals surface area (Å²) in [6, 6.07) is 18.5. The highest BCUT2D eigenvalue weighted by Crippen LogP contribution is 2.25. The second-order valence-corrected chi connectivity index (χ2v) is 8.57. The van der Waals surface area contributed by atoms with E-state index in [0.717, 1.165) is 37.8 Å². The highest BCUT2D eigenvalue weighted by Gasteiger charge is 2.29. The summed E-state index contributed by atoms with van der Waals surface area (Å²) in [7, 11) is 1.76. The van der Waals surface area contributed by atoms with Crippen molar-refractivity contribution in [2.75, 3.05) is 39.8 Å². The van der Waals surface area contributed by atoms with Crippen LogP contribution >= 0.6 is 24.0 Å². The summed E-state index contributed by atoms with van der Waals surface area (Å²) < 4.78 is 5.97. The molecule has 1 heterocycles. The molecule has 0 bridgehead atoms. The second-order valence-electron chi connectivity index (χ2n) is 8.57. The number of benzene rings is 2. The highest BCUT2D eigenvalue weighted by molar-refractivity contribution is 14.0. The molecule has 2 aromatic rings. The molecule has 0 aromatic heterocycles. The Morgan fingerprint density at radius 1 is 1.12 bits per heavy atom. The van der Waals surface area contributed by atoms with Gasteiger partial charge in [0, 0.05) is 39.0 Å². The molecule has 2 N–H and O–H groups in total. The van der Waals surface area contributed by atoms with Crippen molar-refractivity contribution in [1.82, 2.24) is 15.5 Å². The average Bonchev–Trinajstić information content (AvgIpc) is 3.17. The van der Waals surface area contributed by atoms with Crippen LogP contribution in [0.1, 0.15) is 37.3 Å². The fourth-order valence-corrected chi connectivity index (χ4v) is 4.00. The van der Waals surface area contributed by atoms with E-state index in [1.165, 1.54) is 11.1 Å². The maximum Gasteiger partial charge on any atom is 0.223 e. The Bertz CT molecular complexity index is 889. The normalized spacial score (nSPS) is 16.0. The Hall–Kier alpha value is -2.29. The molecule has 0 saturated carbocycles. The van der Waals surface area contributed by atoms with Crippen LogP contribution in [0.4, 0.5) is 0 Å². The number of likely N-dealkylation sites (tertiary alicyclic amines) is 1. The number of aliphatic imine (C=N–C) groups is 1. The first-order chi connectivity index (χ1) is 15.6. The molecule has 0 aliphatic carbocycles. The Morgan fingerprint density at radius 2 is 1.85 bits per heavy atom. The van der Waals surface area contributed by atoms with E-state index in [-0.39, 0.29) is 29.9 Å². The number of halogens is 1. The summed E-state index contributed by atoms with van der Waals surface area (Å²) in [4.78, 5) is 18.7. The number of hydrogen-bond acceptors (Lipinski definition) is 3. The maximum atomic E-state index is 12.4. The third kappa shape index (κ3) is 8.53. The van der Waals surface area contributed by atoms with Gasteiger partial charge in [-0.15, -0.1) is 24.0 Å². The summed E-state index contributed by atoms with van der Waals surface area (Å²) in [5.41, 5.74) is 2.49. The first kappa shape index (κ1) is 27.0. The SMILES string of the molecule is CN=C(NCCOc1ccccc1C(C)C)NCC1CC(=O)N(CCc2ccccc2)C1.I. The van der Waals surface area contributed by atoms with E-state index in [1.807, 2.05) is 41.3 Å². The molecule has 1 amide bonds. The molecule has 180 valence electrons. The van der Waals surface area contributed by atoms with Gasteiger partial charge in [-0.05, 0) is 29.5 Å². The van der Waals surface area contributed by atoms with Crippen LogP contribution in [0.2, 0.25) is 0 Å². The molecule has 0 radical (unpaired) electrons. The Balaban J connectivity index is 0.00000385. The lowest BCUT2D eigenvalue weighted by Crippen LogP contribution is -2.41. The molecule has 33 heavy (non-hydrogen) atoms. The Morgan fingerprint density at radius 3 is 2.58 bits per heavy atom. The minimum atomic E-state index is 0. The number of carbonyl (C=O) groups is 1. The van der Waals surface area contributed by atoms with Gasteiger partial charge >= 0.3 is 0 Å². The zero-order valence-electron chi connectivity index (χ0n) is 19.9. The van der Waals surface area contributed by atoms with Crippen LogP contribution in [0.25, 0.3) is 0 Å². The van der Waals surface area contributed by atoms with Crippen LogP contribution in [-0.2, 0) is 11.2 Å². The van der Waals surface area contributed by atoms with E-state index < -0.39 is 0 Å². The highest BCUT2D eigenvalue weighted by atomic mass is 127. The monoisotopic (exact) mass is 564 g/mol. The third-order valence-corrected chi connectivity index (χ3v) is 5.78. The van der Waals surface area contributed by atoms with Gasteiger partial charge in [-0.2, -0.15) is 0 Å². The van der Waals surface area contributed by atoms with E-state index >= 15 is 0 Å². The second kappa shape index (κ2) is 14.1. The van der Waals surface area contributed by atoms with Gasteiger partial charge in [0.25, 0.3) is 0 Å². The number of hydrogen-bond donors (Lipinski definition) is 2. The van der Waals surface area contributed by atoms with E-state index in [9.17, 15) is 4.79 Å². The fourth-order valence-electron chi connectivity index (χ4n) is 4.00. The Kier molecular flexibility index (Phi) is 11.5. The van der Waals surface area contributed by atoms with Crippen LogP contribution in [0.3, 0.4) is 0 Å². The molecular formula is C26H37IN4O2. The van der Waals surface area contributed by atoms with Crippen LogP contribution < -0.4 is 15.4 Å². The molecule has 1 unspecified atom stereocenters. The third-order valence-electron chi connectivity index (χ3n) is 5.78. The van der Waals surface area contributed by atoms with Gasteiger partial charge < -0.3 is 20.3 Å². The van der Waals surface area contributed by atoms with Gasteiger partial charge in [0.1, 0.15) is 12.4 Å². The lowest BCUT2D eigenvalue weighted by Gasteiger charge is -2.18. The molecule has 2 aromatic carbocycles. The predicted octanol–water partition coefficient (Wildman–Crippen LogP) is 4.06. The molecule has 1 fully saturated rings.